The minimum absolute atomic E-state index is 0.00392. The van der Waals surface area contributed by atoms with Crippen molar-refractivity contribution < 1.29 is 13.2 Å². The Bertz CT molecular complexity index is 524. The van der Waals surface area contributed by atoms with Gasteiger partial charge in [-0.2, -0.15) is 0 Å². The predicted octanol–water partition coefficient (Wildman–Crippen LogP) is 3.00. The van der Waals surface area contributed by atoms with Crippen molar-refractivity contribution in [2.24, 2.45) is 0 Å². The summed E-state index contributed by atoms with van der Waals surface area (Å²) in [5.41, 5.74) is 0.191. The Labute approximate surface area is 111 Å². The van der Waals surface area contributed by atoms with E-state index in [9.17, 15) is 13.2 Å². The summed E-state index contributed by atoms with van der Waals surface area (Å²) in [6, 6.07) is 4.37. The van der Waals surface area contributed by atoms with Crippen molar-refractivity contribution in [1.29, 1.82) is 0 Å². The van der Waals surface area contributed by atoms with Gasteiger partial charge in [-0.25, -0.2) is 8.42 Å². The van der Waals surface area contributed by atoms with Crippen LogP contribution < -0.4 is 0 Å². The summed E-state index contributed by atoms with van der Waals surface area (Å²) in [6.45, 7) is 1.75. The zero-order valence-corrected chi connectivity index (χ0v) is 11.6. The van der Waals surface area contributed by atoms with Crippen LogP contribution in [0.1, 0.15) is 23.7 Å². The third-order valence-corrected chi connectivity index (χ3v) is 4.38. The Kier molecular flexibility index (Phi) is 4.98. The van der Waals surface area contributed by atoms with Crippen molar-refractivity contribution >= 4 is 38.8 Å². The number of benzene rings is 1. The average molecular weight is 295 g/mol. The number of carbonyl (C=O) groups excluding carboxylic acids is 1. The molecule has 0 aliphatic carbocycles. The number of hydrogen-bond acceptors (Lipinski definition) is 3. The molecule has 0 aromatic heterocycles. The fourth-order valence-electron chi connectivity index (χ4n) is 1.38. The first-order valence-corrected chi connectivity index (χ1v) is 7.62. The summed E-state index contributed by atoms with van der Waals surface area (Å²) in [7, 11) is -3.35. The monoisotopic (exact) mass is 294 g/mol. The molecule has 0 heterocycles. The van der Waals surface area contributed by atoms with Gasteiger partial charge in [-0.15, -0.1) is 0 Å². The highest BCUT2D eigenvalue weighted by Crippen LogP contribution is 2.21. The van der Waals surface area contributed by atoms with Gasteiger partial charge < -0.3 is 0 Å². The molecule has 0 amide bonds. The van der Waals surface area contributed by atoms with Crippen molar-refractivity contribution in [1.82, 2.24) is 0 Å². The van der Waals surface area contributed by atoms with Crippen LogP contribution in [0, 0.1) is 0 Å². The summed E-state index contributed by atoms with van der Waals surface area (Å²) in [5, 5.41) is 0.581. The zero-order valence-electron chi connectivity index (χ0n) is 9.24. The molecule has 0 atom stereocenters. The molecule has 3 nitrogen and oxygen atoms in total. The van der Waals surface area contributed by atoms with Gasteiger partial charge in [0.05, 0.1) is 10.8 Å². The van der Waals surface area contributed by atoms with Gasteiger partial charge in [-0.05, 0) is 24.6 Å². The quantitative estimate of drug-likeness (QED) is 0.785. The summed E-state index contributed by atoms with van der Waals surface area (Å²) < 4.78 is 23.0. The van der Waals surface area contributed by atoms with Crippen LogP contribution in [-0.4, -0.2) is 25.7 Å². The van der Waals surface area contributed by atoms with Crippen molar-refractivity contribution in [3.8, 4) is 0 Å². The van der Waals surface area contributed by atoms with E-state index in [1.807, 2.05) is 0 Å². The van der Waals surface area contributed by atoms with E-state index in [0.717, 1.165) is 0 Å². The minimum atomic E-state index is -3.35. The Morgan fingerprint density at radius 3 is 2.47 bits per heavy atom. The molecule has 0 fully saturated rings. The molecule has 6 heteroatoms. The number of halogens is 2. The van der Waals surface area contributed by atoms with Crippen molar-refractivity contribution in [2.45, 2.75) is 13.3 Å². The third kappa shape index (κ3) is 4.30. The highest BCUT2D eigenvalue weighted by Gasteiger charge is 2.19. The molecule has 17 heavy (non-hydrogen) atoms. The normalized spacial score (nSPS) is 11.5. The first-order chi connectivity index (χ1) is 7.85. The van der Waals surface area contributed by atoms with Crippen LogP contribution >= 0.6 is 23.2 Å². The van der Waals surface area contributed by atoms with Gasteiger partial charge in [0.2, 0.25) is 0 Å². The lowest BCUT2D eigenvalue weighted by Crippen LogP contribution is -2.19. The zero-order chi connectivity index (χ0) is 13.1. The van der Waals surface area contributed by atoms with Crippen LogP contribution in [0.3, 0.4) is 0 Å². The highest BCUT2D eigenvalue weighted by atomic mass is 35.5. The van der Waals surface area contributed by atoms with E-state index >= 15 is 0 Å². The molecule has 1 aromatic rings. The van der Waals surface area contributed by atoms with Crippen LogP contribution in [0.2, 0.25) is 10.0 Å². The molecule has 0 spiro atoms. The maximum absolute atomic E-state index is 11.8. The number of ketones is 1. The molecule has 94 valence electrons. The number of sulfone groups is 1. The maximum atomic E-state index is 11.8. The Hall–Kier alpha value is -0.580. The van der Waals surface area contributed by atoms with Gasteiger partial charge >= 0.3 is 0 Å². The first-order valence-electron chi connectivity index (χ1n) is 5.04. The molecule has 0 saturated heterocycles. The van der Waals surface area contributed by atoms with E-state index in [2.05, 4.69) is 0 Å². The summed E-state index contributed by atoms with van der Waals surface area (Å²) in [4.78, 5) is 11.8. The van der Waals surface area contributed by atoms with E-state index in [1.165, 1.54) is 18.2 Å². The summed E-state index contributed by atoms with van der Waals surface area (Å²) in [6.07, 6.45) is 0.490. The van der Waals surface area contributed by atoms with Crippen molar-refractivity contribution in [3.05, 3.63) is 33.8 Å². The molecule has 0 saturated carbocycles. The summed E-state index contributed by atoms with van der Waals surface area (Å²) >= 11 is 11.5. The van der Waals surface area contributed by atoms with E-state index in [0.29, 0.717) is 11.4 Å². The molecule has 0 bridgehead atoms. The minimum Gasteiger partial charge on any atom is -0.293 e. The van der Waals surface area contributed by atoms with Crippen molar-refractivity contribution in [2.75, 3.05) is 11.5 Å². The van der Waals surface area contributed by atoms with Crippen molar-refractivity contribution in [3.63, 3.8) is 0 Å². The van der Waals surface area contributed by atoms with E-state index in [-0.39, 0.29) is 16.3 Å². The lowest BCUT2D eigenvalue weighted by Gasteiger charge is -2.04. The molecule has 1 aromatic carbocycles. The second-order valence-corrected chi connectivity index (χ2v) is 6.67. The van der Waals surface area contributed by atoms with Gasteiger partial charge in [0.25, 0.3) is 0 Å². The van der Waals surface area contributed by atoms with Gasteiger partial charge in [-0.3, -0.25) is 4.79 Å². The average Bonchev–Trinajstić information content (AvgIpc) is 2.15. The molecular weight excluding hydrogens is 283 g/mol. The molecule has 1 rings (SSSR count). The Morgan fingerprint density at radius 1 is 1.29 bits per heavy atom. The lowest BCUT2D eigenvalue weighted by atomic mass is 10.1. The number of carbonyl (C=O) groups is 1. The van der Waals surface area contributed by atoms with Gasteiger partial charge in [0.15, 0.2) is 15.6 Å². The van der Waals surface area contributed by atoms with Gasteiger partial charge in [-0.1, -0.05) is 30.1 Å². The van der Waals surface area contributed by atoms with E-state index < -0.39 is 21.4 Å². The second kappa shape index (κ2) is 5.85. The SMILES string of the molecule is CCCS(=O)(=O)CC(=O)c1ccc(Cl)cc1Cl. The van der Waals surface area contributed by atoms with Crippen LogP contribution in [0.5, 0.6) is 0 Å². The molecule has 0 radical (unpaired) electrons. The fraction of sp³-hybridized carbons (Fsp3) is 0.364. The second-order valence-electron chi connectivity index (χ2n) is 3.64. The standard InChI is InChI=1S/C11H12Cl2O3S/c1-2-5-17(15,16)7-11(14)9-4-3-8(12)6-10(9)13/h3-4,6H,2,5,7H2,1H3. The Balaban J connectivity index is 2.91. The topological polar surface area (TPSA) is 51.2 Å². The number of rotatable bonds is 5. The molecule has 0 aliphatic rings. The van der Waals surface area contributed by atoms with E-state index in [1.54, 1.807) is 6.92 Å². The lowest BCUT2D eigenvalue weighted by molar-refractivity contribution is 0.102. The van der Waals surface area contributed by atoms with Gasteiger partial charge in [0, 0.05) is 10.6 Å². The highest BCUT2D eigenvalue weighted by molar-refractivity contribution is 7.92. The Morgan fingerprint density at radius 2 is 1.94 bits per heavy atom. The van der Waals surface area contributed by atoms with Crippen LogP contribution in [-0.2, 0) is 9.84 Å². The van der Waals surface area contributed by atoms with Crippen LogP contribution in [0.15, 0.2) is 18.2 Å². The first kappa shape index (κ1) is 14.5. The molecular formula is C11H12Cl2O3S. The predicted molar refractivity (Wildman–Crippen MR) is 69.7 cm³/mol. The molecule has 0 aliphatic heterocycles. The van der Waals surface area contributed by atoms with Crippen LogP contribution in [0.4, 0.5) is 0 Å². The smallest absolute Gasteiger partial charge is 0.179 e. The summed E-state index contributed by atoms with van der Waals surface area (Å²) in [5.74, 6) is -1.01. The fourth-order valence-corrected chi connectivity index (χ4v) is 3.21. The van der Waals surface area contributed by atoms with Crippen LogP contribution in [0.25, 0.3) is 0 Å². The maximum Gasteiger partial charge on any atom is 0.179 e. The van der Waals surface area contributed by atoms with E-state index in [4.69, 9.17) is 23.2 Å². The largest absolute Gasteiger partial charge is 0.293 e. The number of Topliss-reactive ketones (excluding diaryl/α,β-unsaturated/α-hetero) is 1. The third-order valence-electron chi connectivity index (χ3n) is 2.10. The molecule has 0 unspecified atom stereocenters. The van der Waals surface area contributed by atoms with Gasteiger partial charge in [0.1, 0.15) is 5.75 Å². The molecule has 0 N–H and O–H groups in total. The number of hydrogen-bond donors (Lipinski definition) is 0.